The molecule has 0 saturated carbocycles. The highest BCUT2D eigenvalue weighted by atomic mass is 28.4. The van der Waals surface area contributed by atoms with Crippen LogP contribution in [-0.4, -0.2) is 32.9 Å². The number of aromatic nitrogens is 5. The van der Waals surface area contributed by atoms with Crippen molar-refractivity contribution in [3.63, 3.8) is 0 Å². The Labute approximate surface area is 185 Å². The van der Waals surface area contributed by atoms with Gasteiger partial charge in [-0.15, -0.1) is 0 Å². The second kappa shape index (κ2) is 7.73. The number of benzene rings is 1. The molecule has 4 aromatic rings. The van der Waals surface area contributed by atoms with E-state index in [9.17, 15) is 0 Å². The maximum absolute atomic E-state index is 6.37. The van der Waals surface area contributed by atoms with E-state index in [2.05, 4.69) is 63.1 Å². The van der Waals surface area contributed by atoms with Crippen molar-refractivity contribution >= 4 is 19.2 Å². The Kier molecular flexibility index (Phi) is 5.35. The van der Waals surface area contributed by atoms with Crippen molar-refractivity contribution in [3.05, 3.63) is 60.0 Å². The van der Waals surface area contributed by atoms with E-state index in [0.29, 0.717) is 6.61 Å². The largest absolute Gasteiger partial charge is 0.411 e. The summed E-state index contributed by atoms with van der Waals surface area (Å²) in [7, 11) is 0.0950. The van der Waals surface area contributed by atoms with Gasteiger partial charge in [0.15, 0.2) is 14.1 Å². The second-order valence-electron chi connectivity index (χ2n) is 9.71. The van der Waals surface area contributed by atoms with Crippen molar-refractivity contribution in [3.8, 4) is 17.1 Å². The molecule has 1 aromatic carbocycles. The first-order valence-electron chi connectivity index (χ1n) is 10.6. The number of fused-ring (bicyclic) bond motifs is 1. The van der Waals surface area contributed by atoms with Crippen LogP contribution in [0.25, 0.3) is 28.0 Å². The van der Waals surface area contributed by atoms with Gasteiger partial charge < -0.3 is 4.43 Å². The number of aryl methyl sites for hydroxylation is 2. The molecule has 0 amide bonds. The molecule has 0 aliphatic carbocycles. The third-order valence-electron chi connectivity index (χ3n) is 6.22. The van der Waals surface area contributed by atoms with E-state index in [0.717, 1.165) is 39.2 Å². The van der Waals surface area contributed by atoms with Crippen molar-refractivity contribution in [2.24, 2.45) is 7.05 Å². The Morgan fingerprint density at radius 3 is 2.55 bits per heavy atom. The number of rotatable bonds is 5. The predicted octanol–water partition coefficient (Wildman–Crippen LogP) is 5.65. The van der Waals surface area contributed by atoms with E-state index >= 15 is 0 Å². The fourth-order valence-corrected chi connectivity index (χ4v) is 4.30. The number of hydrogen-bond donors (Lipinski definition) is 0. The van der Waals surface area contributed by atoms with E-state index in [4.69, 9.17) is 9.41 Å². The third-order valence-corrected chi connectivity index (χ3v) is 10.7. The van der Waals surface area contributed by atoms with Crippen LogP contribution in [0.5, 0.6) is 0 Å². The minimum Gasteiger partial charge on any atom is -0.411 e. The van der Waals surface area contributed by atoms with Crippen LogP contribution in [0.15, 0.2) is 48.8 Å². The summed E-state index contributed by atoms with van der Waals surface area (Å²) in [5, 5.41) is 10.5. The lowest BCUT2D eigenvalue weighted by Gasteiger charge is -2.36. The minimum atomic E-state index is -1.84. The van der Waals surface area contributed by atoms with E-state index in [-0.39, 0.29) is 5.04 Å². The first kappa shape index (κ1) is 21.5. The van der Waals surface area contributed by atoms with Gasteiger partial charge >= 0.3 is 0 Å². The molecule has 162 valence electrons. The minimum absolute atomic E-state index is 0.169. The summed E-state index contributed by atoms with van der Waals surface area (Å²) in [6.45, 7) is 13.9. The van der Waals surface area contributed by atoms with E-state index < -0.39 is 8.32 Å². The van der Waals surface area contributed by atoms with E-state index in [1.807, 2.05) is 53.1 Å². The molecule has 7 heteroatoms. The van der Waals surface area contributed by atoms with Crippen molar-refractivity contribution in [1.29, 1.82) is 0 Å². The zero-order valence-electron chi connectivity index (χ0n) is 19.5. The van der Waals surface area contributed by atoms with Crippen molar-refractivity contribution in [1.82, 2.24) is 24.5 Å². The summed E-state index contributed by atoms with van der Waals surface area (Å²) in [4.78, 5) is 4.86. The van der Waals surface area contributed by atoms with Crippen LogP contribution in [-0.2, 0) is 18.1 Å². The molecule has 31 heavy (non-hydrogen) atoms. The SMILES string of the molecule is Cc1cc(-c2ccn(C)n2)c2cnn(-c3cccc(CO[Si](C)(C)C(C)(C)C)n3)c2c1. The molecule has 0 aliphatic rings. The molecule has 0 fully saturated rings. The highest BCUT2D eigenvalue weighted by molar-refractivity contribution is 6.74. The quantitative estimate of drug-likeness (QED) is 0.382. The molecule has 0 atom stereocenters. The fraction of sp³-hybridized carbons (Fsp3) is 0.375. The van der Waals surface area contributed by atoms with Crippen LogP contribution in [0.3, 0.4) is 0 Å². The highest BCUT2D eigenvalue weighted by Crippen LogP contribution is 2.37. The van der Waals surface area contributed by atoms with Crippen LogP contribution in [0.1, 0.15) is 32.0 Å². The molecule has 0 saturated heterocycles. The molecule has 0 unspecified atom stereocenters. The van der Waals surface area contributed by atoms with Gasteiger partial charge in [-0.05, 0) is 61.0 Å². The van der Waals surface area contributed by atoms with Crippen LogP contribution in [0.2, 0.25) is 18.1 Å². The lowest BCUT2D eigenvalue weighted by atomic mass is 10.0. The summed E-state index contributed by atoms with van der Waals surface area (Å²) in [5.41, 5.74) is 5.13. The van der Waals surface area contributed by atoms with E-state index in [1.165, 1.54) is 0 Å². The van der Waals surface area contributed by atoms with Crippen molar-refractivity contribution in [2.75, 3.05) is 0 Å². The Hall–Kier alpha value is -2.77. The monoisotopic (exact) mass is 433 g/mol. The van der Waals surface area contributed by atoms with Gasteiger partial charge in [-0.2, -0.15) is 10.2 Å². The van der Waals surface area contributed by atoms with Crippen LogP contribution in [0, 0.1) is 6.92 Å². The lowest BCUT2D eigenvalue weighted by Crippen LogP contribution is -2.40. The third kappa shape index (κ3) is 4.20. The topological polar surface area (TPSA) is 57.8 Å². The highest BCUT2D eigenvalue weighted by Gasteiger charge is 2.37. The molecule has 3 aromatic heterocycles. The van der Waals surface area contributed by atoms with Gasteiger partial charge in [0.05, 0.1) is 29.7 Å². The second-order valence-corrected chi connectivity index (χ2v) is 14.5. The van der Waals surface area contributed by atoms with Gasteiger partial charge in [-0.1, -0.05) is 26.8 Å². The van der Waals surface area contributed by atoms with Gasteiger partial charge in [0.25, 0.3) is 0 Å². The lowest BCUT2D eigenvalue weighted by molar-refractivity contribution is 0.272. The predicted molar refractivity (Wildman–Crippen MR) is 128 cm³/mol. The first-order valence-corrected chi connectivity index (χ1v) is 13.5. The molecule has 0 radical (unpaired) electrons. The smallest absolute Gasteiger partial charge is 0.192 e. The molecule has 0 spiro atoms. The number of nitrogens with zero attached hydrogens (tertiary/aromatic N) is 5. The summed E-state index contributed by atoms with van der Waals surface area (Å²) in [6.07, 6.45) is 3.86. The zero-order valence-corrected chi connectivity index (χ0v) is 20.5. The molecule has 6 nitrogen and oxygen atoms in total. The van der Waals surface area contributed by atoms with Gasteiger partial charge in [-0.3, -0.25) is 4.68 Å². The van der Waals surface area contributed by atoms with Crippen LogP contribution >= 0.6 is 0 Å². The van der Waals surface area contributed by atoms with Gasteiger partial charge in [0.1, 0.15) is 0 Å². The number of hydrogen-bond acceptors (Lipinski definition) is 4. The van der Waals surface area contributed by atoms with E-state index in [1.54, 1.807) is 0 Å². The molecule has 0 bridgehead atoms. The molecule has 0 N–H and O–H groups in total. The number of pyridine rings is 1. The van der Waals surface area contributed by atoms with Crippen molar-refractivity contribution in [2.45, 2.75) is 52.4 Å². The molecule has 4 rings (SSSR count). The Morgan fingerprint density at radius 2 is 1.87 bits per heavy atom. The maximum Gasteiger partial charge on any atom is 0.192 e. The van der Waals surface area contributed by atoms with Crippen molar-refractivity contribution < 1.29 is 4.43 Å². The van der Waals surface area contributed by atoms with Gasteiger partial charge in [0, 0.05) is 24.2 Å². The summed E-state index contributed by atoms with van der Waals surface area (Å²) < 4.78 is 10.1. The first-order chi connectivity index (χ1) is 14.5. The average molecular weight is 434 g/mol. The molecular weight excluding hydrogens is 402 g/mol. The normalized spacial score (nSPS) is 12.6. The standard InChI is InChI=1S/C24H31N5OSi/c1-17-13-19(21-11-12-28(5)27-21)20-15-25-29(22(20)14-17)23-10-8-9-18(26-23)16-30-31(6,7)24(2,3)4/h8-15H,16H2,1-7H3. The van der Waals surface area contributed by atoms with Crippen LogP contribution < -0.4 is 0 Å². The Balaban J connectivity index is 1.70. The summed E-state index contributed by atoms with van der Waals surface area (Å²) in [6, 6.07) is 12.4. The Morgan fingerprint density at radius 1 is 1.10 bits per heavy atom. The molecule has 0 aliphatic heterocycles. The van der Waals surface area contributed by atoms with Crippen LogP contribution in [0.4, 0.5) is 0 Å². The van der Waals surface area contributed by atoms with Gasteiger partial charge in [0.2, 0.25) is 0 Å². The maximum atomic E-state index is 6.37. The fourth-order valence-electron chi connectivity index (χ4n) is 3.36. The van der Waals surface area contributed by atoms with Gasteiger partial charge in [-0.25, -0.2) is 9.67 Å². The zero-order chi connectivity index (χ0) is 22.4. The summed E-state index contributed by atoms with van der Waals surface area (Å²) in [5.74, 6) is 0.795. The molecular formula is C24H31N5OSi. The summed E-state index contributed by atoms with van der Waals surface area (Å²) >= 11 is 0. The molecule has 3 heterocycles. The average Bonchev–Trinajstić information content (AvgIpc) is 3.31. The Bertz CT molecular complexity index is 1230.